The number of nitrogen functional groups attached to an aromatic ring is 1. The van der Waals surface area contributed by atoms with Gasteiger partial charge in [-0.3, -0.25) is 0 Å². The molecule has 0 aliphatic rings. The molecule has 3 N–H and O–H groups in total. The van der Waals surface area contributed by atoms with E-state index in [1.165, 1.54) is 15.6 Å². The van der Waals surface area contributed by atoms with Gasteiger partial charge in [0.2, 0.25) is 0 Å². The van der Waals surface area contributed by atoms with Crippen molar-refractivity contribution in [2.45, 2.75) is 13.1 Å². The molecule has 0 saturated heterocycles. The van der Waals surface area contributed by atoms with E-state index in [0.29, 0.717) is 17.4 Å². The number of pyridine rings is 1. The first kappa shape index (κ1) is 13.4. The molecule has 0 atom stereocenters. The van der Waals surface area contributed by atoms with E-state index < -0.39 is 0 Å². The Hall–Kier alpha value is -1.62. The summed E-state index contributed by atoms with van der Waals surface area (Å²) in [6, 6.07) is 10.3. The Bertz CT molecular complexity index is 739. The number of hydrogen-bond acceptors (Lipinski definition) is 4. The minimum absolute atomic E-state index is 0.425. The first-order valence-corrected chi connectivity index (χ1v) is 7.55. The Labute approximate surface area is 126 Å². The molecule has 5 heteroatoms. The molecule has 3 rings (SSSR count). The lowest BCUT2D eigenvalue weighted by Crippen LogP contribution is -2.14. The number of fused-ring (bicyclic) bond motifs is 1. The molecular weight excluding hydrogens is 290 g/mol. The van der Waals surface area contributed by atoms with Crippen molar-refractivity contribution in [2.75, 3.05) is 5.73 Å². The fraction of sp³-hybridized carbons (Fsp3) is 0.133. The molecule has 3 nitrogen and oxygen atoms in total. The van der Waals surface area contributed by atoms with Crippen molar-refractivity contribution in [3.8, 4) is 0 Å². The van der Waals surface area contributed by atoms with Gasteiger partial charge in [0, 0.05) is 35.2 Å². The molecule has 0 radical (unpaired) electrons. The van der Waals surface area contributed by atoms with Crippen LogP contribution in [0.15, 0.2) is 41.9 Å². The van der Waals surface area contributed by atoms with Crippen LogP contribution in [0, 0.1) is 0 Å². The molecule has 3 aromatic rings. The Kier molecular flexibility index (Phi) is 3.87. The van der Waals surface area contributed by atoms with Gasteiger partial charge in [-0.05, 0) is 40.6 Å². The number of nitrogens with two attached hydrogens (primary N) is 1. The smallest absolute Gasteiger partial charge is 0.131 e. The average Bonchev–Trinajstić information content (AvgIpc) is 2.89. The summed E-state index contributed by atoms with van der Waals surface area (Å²) in [6.07, 6.45) is 1.72. The van der Waals surface area contributed by atoms with E-state index in [4.69, 9.17) is 17.3 Å². The van der Waals surface area contributed by atoms with Crippen LogP contribution in [0.3, 0.4) is 0 Å². The Balaban J connectivity index is 1.64. The van der Waals surface area contributed by atoms with Gasteiger partial charge >= 0.3 is 0 Å². The third-order valence-corrected chi connectivity index (χ3v) is 4.26. The van der Waals surface area contributed by atoms with E-state index >= 15 is 0 Å². The van der Waals surface area contributed by atoms with Crippen LogP contribution < -0.4 is 11.1 Å². The van der Waals surface area contributed by atoms with E-state index in [1.807, 2.05) is 0 Å². The van der Waals surface area contributed by atoms with Crippen molar-refractivity contribution >= 4 is 38.7 Å². The van der Waals surface area contributed by atoms with E-state index in [0.717, 1.165) is 12.1 Å². The summed E-state index contributed by atoms with van der Waals surface area (Å²) in [5.74, 6) is 0. The molecule has 20 heavy (non-hydrogen) atoms. The number of rotatable bonds is 4. The van der Waals surface area contributed by atoms with Crippen LogP contribution in [0.4, 0.5) is 5.69 Å². The molecule has 102 valence electrons. The zero-order chi connectivity index (χ0) is 13.9. The van der Waals surface area contributed by atoms with Gasteiger partial charge in [0.25, 0.3) is 0 Å². The van der Waals surface area contributed by atoms with E-state index in [1.54, 1.807) is 23.6 Å². The lowest BCUT2D eigenvalue weighted by atomic mass is 10.1. The Morgan fingerprint density at radius 3 is 2.95 bits per heavy atom. The van der Waals surface area contributed by atoms with E-state index in [2.05, 4.69) is 39.9 Å². The summed E-state index contributed by atoms with van der Waals surface area (Å²) in [6.45, 7) is 1.48. The highest BCUT2D eigenvalue weighted by molar-refractivity contribution is 7.17. The molecule has 0 saturated carbocycles. The van der Waals surface area contributed by atoms with Crippen LogP contribution in [0.2, 0.25) is 5.15 Å². The highest BCUT2D eigenvalue weighted by Crippen LogP contribution is 2.21. The van der Waals surface area contributed by atoms with Crippen molar-refractivity contribution in [2.24, 2.45) is 0 Å². The fourth-order valence-electron chi connectivity index (χ4n) is 2.09. The number of halogens is 1. The highest BCUT2D eigenvalue weighted by Gasteiger charge is 2.02. The van der Waals surface area contributed by atoms with E-state index in [-0.39, 0.29) is 0 Å². The normalized spacial score (nSPS) is 11.1. The molecule has 0 aliphatic carbocycles. The van der Waals surface area contributed by atoms with Gasteiger partial charge in [0.05, 0.1) is 0 Å². The average molecular weight is 304 g/mol. The van der Waals surface area contributed by atoms with Gasteiger partial charge in [-0.25, -0.2) is 4.98 Å². The predicted molar refractivity (Wildman–Crippen MR) is 86.0 cm³/mol. The molecule has 0 amide bonds. The van der Waals surface area contributed by atoms with Crippen molar-refractivity contribution in [1.29, 1.82) is 0 Å². The summed E-state index contributed by atoms with van der Waals surface area (Å²) < 4.78 is 1.32. The van der Waals surface area contributed by atoms with Crippen LogP contribution in [0.5, 0.6) is 0 Å². The maximum absolute atomic E-state index is 5.90. The maximum atomic E-state index is 5.90. The lowest BCUT2D eigenvalue weighted by molar-refractivity contribution is 0.693. The number of aromatic nitrogens is 1. The highest BCUT2D eigenvalue weighted by atomic mass is 35.5. The third-order valence-electron chi connectivity index (χ3n) is 3.15. The second kappa shape index (κ2) is 5.79. The van der Waals surface area contributed by atoms with Crippen molar-refractivity contribution < 1.29 is 0 Å². The minimum atomic E-state index is 0.425. The van der Waals surface area contributed by atoms with Gasteiger partial charge in [-0.1, -0.05) is 17.7 Å². The largest absolute Gasteiger partial charge is 0.398 e. The molecule has 2 heterocycles. The van der Waals surface area contributed by atoms with E-state index in [9.17, 15) is 0 Å². The van der Waals surface area contributed by atoms with Gasteiger partial charge < -0.3 is 11.1 Å². The second-order valence-electron chi connectivity index (χ2n) is 4.60. The minimum Gasteiger partial charge on any atom is -0.398 e. The number of benzene rings is 1. The molecule has 2 aromatic heterocycles. The summed E-state index contributed by atoms with van der Waals surface area (Å²) in [4.78, 5) is 4.05. The second-order valence-corrected chi connectivity index (χ2v) is 5.94. The number of nitrogens with one attached hydrogen (secondary N) is 1. The van der Waals surface area contributed by atoms with Gasteiger partial charge in [-0.2, -0.15) is 0 Å². The third kappa shape index (κ3) is 2.93. The maximum Gasteiger partial charge on any atom is 0.131 e. The molecule has 0 bridgehead atoms. The molecule has 0 unspecified atom stereocenters. The van der Waals surface area contributed by atoms with Gasteiger partial charge in [0.1, 0.15) is 5.15 Å². The fourth-order valence-corrected chi connectivity index (χ4v) is 3.02. The topological polar surface area (TPSA) is 50.9 Å². The van der Waals surface area contributed by atoms with Crippen molar-refractivity contribution in [1.82, 2.24) is 10.3 Å². The number of nitrogens with zero attached hydrogens (tertiary/aromatic N) is 1. The predicted octanol–water partition coefficient (Wildman–Crippen LogP) is 3.82. The monoisotopic (exact) mass is 303 g/mol. The first-order chi connectivity index (χ1) is 9.72. The summed E-state index contributed by atoms with van der Waals surface area (Å²) in [5.41, 5.74) is 8.79. The molecule has 1 aromatic carbocycles. The van der Waals surface area contributed by atoms with Crippen molar-refractivity contribution in [3.05, 3.63) is 58.2 Å². The molecule has 0 spiro atoms. The SMILES string of the molecule is Nc1cc(Cl)ncc1CNCc1ccc2sccc2c1. The quantitative estimate of drug-likeness (QED) is 0.720. The van der Waals surface area contributed by atoms with Crippen LogP contribution >= 0.6 is 22.9 Å². The molecule has 0 aliphatic heterocycles. The van der Waals surface area contributed by atoms with Gasteiger partial charge in [-0.15, -0.1) is 11.3 Å². The van der Waals surface area contributed by atoms with Crippen LogP contribution in [0.25, 0.3) is 10.1 Å². The number of hydrogen-bond donors (Lipinski definition) is 2. The Morgan fingerprint density at radius 1 is 1.20 bits per heavy atom. The van der Waals surface area contributed by atoms with Crippen molar-refractivity contribution in [3.63, 3.8) is 0 Å². The zero-order valence-electron chi connectivity index (χ0n) is 10.8. The molecule has 0 fully saturated rings. The number of thiophene rings is 1. The lowest BCUT2D eigenvalue weighted by Gasteiger charge is -2.08. The standard InChI is InChI=1S/C15H14ClN3S/c16-15-6-13(17)12(9-19-15)8-18-7-10-1-2-14-11(5-10)3-4-20-14/h1-6,9,18H,7-8H2,(H2,17,19). The van der Waals surface area contributed by atoms with Crippen LogP contribution in [-0.4, -0.2) is 4.98 Å². The Morgan fingerprint density at radius 2 is 2.10 bits per heavy atom. The summed E-state index contributed by atoms with van der Waals surface area (Å²) >= 11 is 7.54. The van der Waals surface area contributed by atoms with Gasteiger partial charge in [0.15, 0.2) is 0 Å². The zero-order valence-corrected chi connectivity index (χ0v) is 12.3. The first-order valence-electron chi connectivity index (χ1n) is 6.29. The summed E-state index contributed by atoms with van der Waals surface area (Å²) in [5, 5.41) is 7.21. The van der Waals surface area contributed by atoms with Crippen LogP contribution in [-0.2, 0) is 13.1 Å². The number of anilines is 1. The summed E-state index contributed by atoms with van der Waals surface area (Å²) in [7, 11) is 0. The molecular formula is C15H14ClN3S. The van der Waals surface area contributed by atoms with Crippen LogP contribution in [0.1, 0.15) is 11.1 Å².